The van der Waals surface area contributed by atoms with E-state index in [4.69, 9.17) is 0 Å². The molecule has 9 heavy (non-hydrogen) atoms. The highest BCUT2D eigenvalue weighted by molar-refractivity contribution is 5.13. The third-order valence-electron chi connectivity index (χ3n) is 4.15. The van der Waals surface area contributed by atoms with Gasteiger partial charge in [0.15, 0.2) is 0 Å². The van der Waals surface area contributed by atoms with E-state index in [1.54, 1.807) is 38.5 Å². The maximum absolute atomic E-state index is 1.62. The van der Waals surface area contributed by atoms with Crippen LogP contribution in [0.5, 0.6) is 0 Å². The summed E-state index contributed by atoms with van der Waals surface area (Å²) in [5.41, 5.74) is 0.972. The maximum atomic E-state index is 1.62. The lowest BCUT2D eigenvalue weighted by atomic mass is 9.95. The third kappa shape index (κ3) is 0.395. The molecule has 0 N–H and O–H groups in total. The molecule has 3 saturated carbocycles. The van der Waals surface area contributed by atoms with Gasteiger partial charge < -0.3 is 0 Å². The van der Waals surface area contributed by atoms with E-state index in [0.29, 0.717) is 0 Å². The van der Waals surface area contributed by atoms with Crippen LogP contribution in [-0.2, 0) is 0 Å². The summed E-state index contributed by atoms with van der Waals surface area (Å²) >= 11 is 0. The van der Waals surface area contributed by atoms with Gasteiger partial charge in [0.25, 0.3) is 0 Å². The van der Waals surface area contributed by atoms with E-state index in [-0.39, 0.29) is 0 Å². The molecule has 0 bridgehead atoms. The Labute approximate surface area is 56.6 Å². The maximum Gasteiger partial charge on any atom is -0.0238 e. The Balaban J connectivity index is 1.99. The highest BCUT2D eigenvalue weighted by Crippen LogP contribution is 2.72. The molecule has 50 valence electrons. The van der Waals surface area contributed by atoms with Crippen molar-refractivity contribution in [2.75, 3.05) is 0 Å². The Hall–Kier alpha value is 0. The fourth-order valence-corrected chi connectivity index (χ4v) is 3.60. The molecule has 0 heterocycles. The lowest BCUT2D eigenvalue weighted by Crippen LogP contribution is -2.02. The minimum Gasteiger partial charge on any atom is -0.0525 e. The van der Waals surface area contributed by atoms with Gasteiger partial charge in [-0.25, -0.2) is 0 Å². The fourth-order valence-electron chi connectivity index (χ4n) is 3.60. The van der Waals surface area contributed by atoms with Crippen LogP contribution >= 0.6 is 0 Å². The monoisotopic (exact) mass is 122 g/mol. The van der Waals surface area contributed by atoms with Crippen LogP contribution in [0, 0.1) is 17.3 Å². The minimum atomic E-state index is 0.972. The summed E-state index contributed by atoms with van der Waals surface area (Å²) in [7, 11) is 0. The van der Waals surface area contributed by atoms with Gasteiger partial charge in [0, 0.05) is 0 Å². The average molecular weight is 122 g/mol. The van der Waals surface area contributed by atoms with Gasteiger partial charge in [0.1, 0.15) is 0 Å². The van der Waals surface area contributed by atoms with Crippen molar-refractivity contribution in [3.63, 3.8) is 0 Å². The van der Waals surface area contributed by atoms with E-state index in [0.717, 1.165) is 5.41 Å². The van der Waals surface area contributed by atoms with Gasteiger partial charge >= 0.3 is 0 Å². The molecule has 2 unspecified atom stereocenters. The molecule has 3 atom stereocenters. The van der Waals surface area contributed by atoms with E-state index < -0.39 is 0 Å². The molecule has 3 rings (SSSR count). The van der Waals surface area contributed by atoms with Gasteiger partial charge in [-0.05, 0) is 49.4 Å². The Bertz CT molecular complexity index is 148. The normalized spacial score (nSPS) is 61.3. The molecule has 3 aliphatic carbocycles. The SMILES string of the molecule is C1C[C@H]2CCC3CC32C1. The summed E-state index contributed by atoms with van der Waals surface area (Å²) in [6, 6.07) is 0. The predicted octanol–water partition coefficient (Wildman–Crippen LogP) is 2.59. The topological polar surface area (TPSA) is 0 Å². The molecule has 0 aromatic rings. The molecule has 0 amide bonds. The molecule has 3 fully saturated rings. The van der Waals surface area contributed by atoms with Crippen molar-refractivity contribution in [3.05, 3.63) is 0 Å². The summed E-state index contributed by atoms with van der Waals surface area (Å²) in [6.45, 7) is 0. The number of rotatable bonds is 0. The third-order valence-corrected chi connectivity index (χ3v) is 4.15. The van der Waals surface area contributed by atoms with E-state index in [9.17, 15) is 0 Å². The molecule has 0 aromatic heterocycles. The zero-order chi connectivity index (χ0) is 5.90. The lowest BCUT2D eigenvalue weighted by Gasteiger charge is -2.10. The van der Waals surface area contributed by atoms with E-state index in [1.165, 1.54) is 11.8 Å². The second-order valence-electron chi connectivity index (χ2n) is 4.30. The van der Waals surface area contributed by atoms with E-state index in [2.05, 4.69) is 0 Å². The summed E-state index contributed by atoms with van der Waals surface area (Å²) in [6.07, 6.45) is 9.53. The van der Waals surface area contributed by atoms with Crippen molar-refractivity contribution in [1.82, 2.24) is 0 Å². The van der Waals surface area contributed by atoms with Crippen molar-refractivity contribution in [3.8, 4) is 0 Å². The van der Waals surface area contributed by atoms with Gasteiger partial charge in [0.2, 0.25) is 0 Å². The molecule has 0 heteroatoms. The lowest BCUT2D eigenvalue weighted by molar-refractivity contribution is 0.390. The molecule has 0 saturated heterocycles. The minimum absolute atomic E-state index is 0.972. The van der Waals surface area contributed by atoms with Crippen LogP contribution in [0.3, 0.4) is 0 Å². The van der Waals surface area contributed by atoms with Crippen molar-refractivity contribution in [2.45, 2.75) is 38.5 Å². The van der Waals surface area contributed by atoms with Crippen molar-refractivity contribution < 1.29 is 0 Å². The molecule has 0 aliphatic heterocycles. The Morgan fingerprint density at radius 3 is 2.67 bits per heavy atom. The van der Waals surface area contributed by atoms with Gasteiger partial charge in [-0.2, -0.15) is 0 Å². The first-order valence-electron chi connectivity index (χ1n) is 4.42. The van der Waals surface area contributed by atoms with E-state index in [1.807, 2.05) is 0 Å². The van der Waals surface area contributed by atoms with Crippen molar-refractivity contribution >= 4 is 0 Å². The number of hydrogen-bond donors (Lipinski definition) is 0. The largest absolute Gasteiger partial charge is 0.0525 e. The average Bonchev–Trinajstić information content (AvgIpc) is 2.30. The van der Waals surface area contributed by atoms with Gasteiger partial charge in [-0.3, -0.25) is 0 Å². The van der Waals surface area contributed by atoms with Crippen LogP contribution in [0.2, 0.25) is 0 Å². The van der Waals surface area contributed by atoms with Crippen LogP contribution in [0.4, 0.5) is 0 Å². The molecule has 0 aromatic carbocycles. The van der Waals surface area contributed by atoms with Gasteiger partial charge in [-0.15, -0.1) is 0 Å². The molecule has 0 nitrogen and oxygen atoms in total. The van der Waals surface area contributed by atoms with Crippen LogP contribution < -0.4 is 0 Å². The molecular weight excluding hydrogens is 108 g/mol. The van der Waals surface area contributed by atoms with Crippen LogP contribution in [0.15, 0.2) is 0 Å². The second kappa shape index (κ2) is 1.21. The van der Waals surface area contributed by atoms with Crippen molar-refractivity contribution in [1.29, 1.82) is 0 Å². The highest BCUT2D eigenvalue weighted by atomic mass is 14.7. The first-order valence-corrected chi connectivity index (χ1v) is 4.42. The zero-order valence-corrected chi connectivity index (χ0v) is 5.90. The predicted molar refractivity (Wildman–Crippen MR) is 37.1 cm³/mol. The molecular formula is C9H14. The number of hydrogen-bond acceptors (Lipinski definition) is 0. The van der Waals surface area contributed by atoms with Gasteiger partial charge in [0.05, 0.1) is 0 Å². The summed E-state index contributed by atoms with van der Waals surface area (Å²) in [5.74, 6) is 2.41. The van der Waals surface area contributed by atoms with Gasteiger partial charge in [-0.1, -0.05) is 6.42 Å². The smallest absolute Gasteiger partial charge is 0.0238 e. The second-order valence-corrected chi connectivity index (χ2v) is 4.30. The first-order chi connectivity index (χ1) is 4.42. The highest BCUT2D eigenvalue weighted by Gasteiger charge is 2.63. The van der Waals surface area contributed by atoms with Crippen LogP contribution in [0.25, 0.3) is 0 Å². The Morgan fingerprint density at radius 1 is 1.00 bits per heavy atom. The van der Waals surface area contributed by atoms with Crippen LogP contribution in [-0.4, -0.2) is 0 Å². The molecule has 3 aliphatic rings. The Kier molecular flexibility index (Phi) is 0.640. The van der Waals surface area contributed by atoms with Crippen LogP contribution in [0.1, 0.15) is 38.5 Å². The summed E-state index contributed by atoms with van der Waals surface area (Å²) in [4.78, 5) is 0. The summed E-state index contributed by atoms with van der Waals surface area (Å²) in [5, 5.41) is 0. The standard InChI is InChI=1S/C9H14/c1-2-7-3-4-8-6-9(7,8)5-1/h7-8H,1-6H2/t7-,8?,9?/m0/s1. The van der Waals surface area contributed by atoms with E-state index >= 15 is 0 Å². The fraction of sp³-hybridized carbons (Fsp3) is 1.00. The molecule has 1 spiro atoms. The first kappa shape index (κ1) is 4.76. The quantitative estimate of drug-likeness (QED) is 0.463. The summed E-state index contributed by atoms with van der Waals surface area (Å²) < 4.78 is 0. The molecule has 0 radical (unpaired) electrons. The van der Waals surface area contributed by atoms with Crippen molar-refractivity contribution in [2.24, 2.45) is 17.3 Å². The zero-order valence-electron chi connectivity index (χ0n) is 5.90. The Morgan fingerprint density at radius 2 is 1.89 bits per heavy atom.